The molecule has 1 nitrogen and oxygen atoms in total. The molecule has 0 aromatic heterocycles. The maximum atomic E-state index is 5.50. The molecule has 2 atom stereocenters. The monoisotopic (exact) mass is 160 g/mol. The minimum atomic E-state index is 0.286. The first-order valence-corrected chi connectivity index (χ1v) is 4.54. The van der Waals surface area contributed by atoms with Crippen LogP contribution in [0, 0.1) is 11.3 Å². The number of fused-ring (bicyclic) bond motifs is 1. The van der Waals surface area contributed by atoms with E-state index in [0.29, 0.717) is 5.92 Å². The van der Waals surface area contributed by atoms with Crippen molar-refractivity contribution in [2.45, 2.75) is 6.42 Å². The Kier molecular flexibility index (Phi) is 1.17. The van der Waals surface area contributed by atoms with Crippen molar-refractivity contribution >= 4 is 0 Å². The fourth-order valence-corrected chi connectivity index (χ4v) is 2.51. The quantitative estimate of drug-likeness (QED) is 0.493. The molecule has 0 aromatic carbocycles. The molecule has 1 fully saturated rings. The molecule has 0 unspecified atom stereocenters. The lowest BCUT2D eigenvalue weighted by Crippen LogP contribution is -2.17. The van der Waals surface area contributed by atoms with Gasteiger partial charge in [-0.1, -0.05) is 30.4 Å². The van der Waals surface area contributed by atoms with Crippen molar-refractivity contribution < 1.29 is 4.74 Å². The molecule has 0 amide bonds. The molecule has 62 valence electrons. The van der Waals surface area contributed by atoms with Crippen LogP contribution in [0.4, 0.5) is 0 Å². The lowest BCUT2D eigenvalue weighted by molar-refractivity contribution is 0.164. The van der Waals surface area contributed by atoms with Crippen molar-refractivity contribution in [3.63, 3.8) is 0 Å². The smallest absolute Gasteiger partial charge is 0.0686 e. The third-order valence-electron chi connectivity index (χ3n) is 3.16. The van der Waals surface area contributed by atoms with Gasteiger partial charge in [-0.3, -0.25) is 0 Å². The zero-order valence-corrected chi connectivity index (χ0v) is 6.99. The van der Waals surface area contributed by atoms with Crippen molar-refractivity contribution in [3.05, 3.63) is 36.0 Å². The standard InChI is InChI=1S/C11H12O/c1-2-4-11-6-9(3-1)5-10(11)7-12-8-11/h1-5,9H,6-8H2/t9-,11+/m0/s1. The minimum Gasteiger partial charge on any atom is -0.376 e. The molecule has 2 aliphatic carbocycles. The third kappa shape index (κ3) is 0.721. The maximum absolute atomic E-state index is 5.50. The highest BCUT2D eigenvalue weighted by atomic mass is 16.5. The largest absolute Gasteiger partial charge is 0.376 e. The van der Waals surface area contributed by atoms with Crippen molar-refractivity contribution in [2.75, 3.05) is 13.2 Å². The van der Waals surface area contributed by atoms with E-state index in [9.17, 15) is 0 Å². The minimum absolute atomic E-state index is 0.286. The lowest BCUT2D eigenvalue weighted by atomic mass is 9.83. The van der Waals surface area contributed by atoms with Crippen LogP contribution in [-0.2, 0) is 4.74 Å². The van der Waals surface area contributed by atoms with Crippen LogP contribution in [-0.4, -0.2) is 13.2 Å². The lowest BCUT2D eigenvalue weighted by Gasteiger charge is -2.19. The molecule has 1 spiro atoms. The van der Waals surface area contributed by atoms with Gasteiger partial charge < -0.3 is 4.74 Å². The first kappa shape index (κ1) is 6.67. The average molecular weight is 160 g/mol. The Hall–Kier alpha value is -0.820. The molecule has 0 radical (unpaired) electrons. The van der Waals surface area contributed by atoms with Crippen LogP contribution in [0.5, 0.6) is 0 Å². The van der Waals surface area contributed by atoms with Gasteiger partial charge in [0.1, 0.15) is 0 Å². The maximum Gasteiger partial charge on any atom is 0.0686 e. The number of hydrogen-bond donors (Lipinski definition) is 0. The molecule has 0 saturated carbocycles. The van der Waals surface area contributed by atoms with Gasteiger partial charge in [0.05, 0.1) is 13.2 Å². The summed E-state index contributed by atoms with van der Waals surface area (Å²) in [5.74, 6) is 0.666. The Labute approximate surface area is 72.4 Å². The summed E-state index contributed by atoms with van der Waals surface area (Å²) in [6.45, 7) is 1.75. The second kappa shape index (κ2) is 2.11. The molecular weight excluding hydrogens is 148 g/mol. The second-order valence-electron chi connectivity index (χ2n) is 3.95. The summed E-state index contributed by atoms with van der Waals surface area (Å²) < 4.78 is 5.50. The normalized spacial score (nSPS) is 42.7. The number of hydrogen-bond acceptors (Lipinski definition) is 1. The van der Waals surface area contributed by atoms with Gasteiger partial charge in [0.25, 0.3) is 0 Å². The topological polar surface area (TPSA) is 9.23 Å². The Morgan fingerprint density at radius 3 is 3.42 bits per heavy atom. The van der Waals surface area contributed by atoms with Gasteiger partial charge in [-0.05, 0) is 17.9 Å². The van der Waals surface area contributed by atoms with Crippen LogP contribution in [0.2, 0.25) is 0 Å². The Balaban J connectivity index is 2.12. The summed E-state index contributed by atoms with van der Waals surface area (Å²) in [6.07, 6.45) is 12.5. The molecule has 12 heavy (non-hydrogen) atoms. The third-order valence-corrected chi connectivity index (χ3v) is 3.16. The molecule has 3 rings (SSSR count). The highest BCUT2D eigenvalue weighted by Gasteiger charge is 2.43. The van der Waals surface area contributed by atoms with Crippen LogP contribution in [0.25, 0.3) is 0 Å². The highest BCUT2D eigenvalue weighted by Crippen LogP contribution is 2.48. The zero-order chi connectivity index (χ0) is 8.02. The van der Waals surface area contributed by atoms with Crippen molar-refractivity contribution in [2.24, 2.45) is 11.3 Å². The number of allylic oxidation sites excluding steroid dienone is 4. The van der Waals surface area contributed by atoms with Crippen LogP contribution >= 0.6 is 0 Å². The van der Waals surface area contributed by atoms with Crippen molar-refractivity contribution in [1.29, 1.82) is 0 Å². The molecular formula is C11H12O. The van der Waals surface area contributed by atoms with Crippen LogP contribution in [0.1, 0.15) is 6.42 Å². The molecule has 0 N–H and O–H groups in total. The van der Waals surface area contributed by atoms with Gasteiger partial charge in [-0.25, -0.2) is 0 Å². The first-order chi connectivity index (χ1) is 5.89. The second-order valence-corrected chi connectivity index (χ2v) is 3.95. The molecule has 3 aliphatic rings. The van der Waals surface area contributed by atoms with Crippen LogP contribution in [0.15, 0.2) is 36.0 Å². The zero-order valence-electron chi connectivity index (χ0n) is 6.99. The summed E-state index contributed by atoms with van der Waals surface area (Å²) in [5, 5.41) is 0. The Bertz CT molecular complexity index is 298. The van der Waals surface area contributed by atoms with E-state index in [1.165, 1.54) is 12.0 Å². The van der Waals surface area contributed by atoms with Crippen LogP contribution in [0.3, 0.4) is 0 Å². The molecule has 2 bridgehead atoms. The number of rotatable bonds is 0. The Morgan fingerprint density at radius 2 is 2.42 bits per heavy atom. The van der Waals surface area contributed by atoms with Crippen molar-refractivity contribution in [3.8, 4) is 0 Å². The van der Waals surface area contributed by atoms with E-state index in [2.05, 4.69) is 30.4 Å². The van der Waals surface area contributed by atoms with E-state index in [4.69, 9.17) is 4.74 Å². The van der Waals surface area contributed by atoms with Gasteiger partial charge in [0.15, 0.2) is 0 Å². The average Bonchev–Trinajstić information content (AvgIpc) is 2.39. The summed E-state index contributed by atoms with van der Waals surface area (Å²) in [5.41, 5.74) is 1.79. The number of ether oxygens (including phenoxy) is 1. The van der Waals surface area contributed by atoms with Gasteiger partial charge >= 0.3 is 0 Å². The predicted molar refractivity (Wildman–Crippen MR) is 47.7 cm³/mol. The molecule has 1 heterocycles. The van der Waals surface area contributed by atoms with E-state index in [-0.39, 0.29) is 5.41 Å². The van der Waals surface area contributed by atoms with Gasteiger partial charge in [-0.2, -0.15) is 0 Å². The predicted octanol–water partition coefficient (Wildman–Crippen LogP) is 2.08. The van der Waals surface area contributed by atoms with E-state index in [1.807, 2.05) is 0 Å². The van der Waals surface area contributed by atoms with E-state index in [1.54, 1.807) is 0 Å². The fraction of sp³-hybridized carbons (Fsp3) is 0.455. The van der Waals surface area contributed by atoms with E-state index < -0.39 is 0 Å². The highest BCUT2D eigenvalue weighted by molar-refractivity contribution is 5.37. The summed E-state index contributed by atoms with van der Waals surface area (Å²) in [7, 11) is 0. The van der Waals surface area contributed by atoms with Gasteiger partial charge in [0, 0.05) is 5.41 Å². The van der Waals surface area contributed by atoms with Gasteiger partial charge in [0.2, 0.25) is 0 Å². The Morgan fingerprint density at radius 1 is 1.42 bits per heavy atom. The van der Waals surface area contributed by atoms with E-state index >= 15 is 0 Å². The van der Waals surface area contributed by atoms with Gasteiger partial charge in [-0.15, -0.1) is 0 Å². The molecule has 1 saturated heterocycles. The van der Waals surface area contributed by atoms with Crippen LogP contribution < -0.4 is 0 Å². The molecule has 1 aliphatic heterocycles. The summed E-state index contributed by atoms with van der Waals surface area (Å²) in [6, 6.07) is 0. The van der Waals surface area contributed by atoms with Crippen molar-refractivity contribution in [1.82, 2.24) is 0 Å². The van der Waals surface area contributed by atoms with E-state index in [0.717, 1.165) is 13.2 Å². The first-order valence-electron chi connectivity index (χ1n) is 4.54. The SMILES string of the molecule is C1=C[C@H]2C=C3COC[C@@]3(C=C1)C2. The molecule has 0 aromatic rings. The summed E-state index contributed by atoms with van der Waals surface area (Å²) >= 11 is 0. The summed E-state index contributed by atoms with van der Waals surface area (Å²) in [4.78, 5) is 0. The molecule has 1 heteroatoms. The fourth-order valence-electron chi connectivity index (χ4n) is 2.51.